The van der Waals surface area contributed by atoms with E-state index in [1.54, 1.807) is 12.5 Å². The predicted molar refractivity (Wildman–Crippen MR) is 116 cm³/mol. The summed E-state index contributed by atoms with van der Waals surface area (Å²) < 4.78 is 0. The third kappa shape index (κ3) is 3.07. The van der Waals surface area contributed by atoms with Gasteiger partial charge >= 0.3 is 0 Å². The van der Waals surface area contributed by atoms with Gasteiger partial charge in [0.1, 0.15) is 0 Å². The highest BCUT2D eigenvalue weighted by molar-refractivity contribution is 5.73. The van der Waals surface area contributed by atoms with Crippen LogP contribution in [-0.4, -0.2) is 37.0 Å². The second-order valence-electron chi connectivity index (χ2n) is 11.3. The van der Waals surface area contributed by atoms with Crippen molar-refractivity contribution in [1.82, 2.24) is 10.2 Å². The largest absolute Gasteiger partial charge is 0.354 e. The molecule has 0 radical (unpaired) electrons. The van der Waals surface area contributed by atoms with Crippen LogP contribution in [0.3, 0.4) is 0 Å². The van der Waals surface area contributed by atoms with Gasteiger partial charge in [-0.15, -0.1) is 0 Å². The summed E-state index contributed by atoms with van der Waals surface area (Å²) in [6, 6.07) is 0.980. The fourth-order valence-corrected chi connectivity index (χ4v) is 8.20. The van der Waals surface area contributed by atoms with Crippen LogP contribution in [0.5, 0.6) is 0 Å². The zero-order valence-electron chi connectivity index (χ0n) is 19.1. The van der Waals surface area contributed by atoms with Crippen molar-refractivity contribution in [1.29, 1.82) is 0 Å². The fraction of sp³-hybridized carbons (Fsp3) is 0.880. The maximum atomic E-state index is 11.6. The number of carbonyl (C=O) groups is 1. The van der Waals surface area contributed by atoms with E-state index in [9.17, 15) is 4.79 Å². The molecular weight excluding hydrogens is 344 g/mol. The topological polar surface area (TPSA) is 32.3 Å². The highest BCUT2D eigenvalue weighted by Gasteiger charge is 2.59. The van der Waals surface area contributed by atoms with Crippen molar-refractivity contribution in [3.05, 3.63) is 11.6 Å². The Morgan fingerprint density at radius 2 is 1.89 bits per heavy atom. The van der Waals surface area contributed by atoms with Crippen LogP contribution in [0.2, 0.25) is 0 Å². The van der Waals surface area contributed by atoms with Crippen LogP contribution >= 0.6 is 0 Å². The number of likely N-dealkylation sites (N-methyl/N-ethyl adjacent to an activating group) is 1. The molecule has 3 saturated carbocycles. The third-order valence-corrected chi connectivity index (χ3v) is 9.94. The fourth-order valence-electron chi connectivity index (χ4n) is 8.20. The molecule has 0 unspecified atom stereocenters. The van der Waals surface area contributed by atoms with Crippen LogP contribution < -0.4 is 5.32 Å². The molecule has 0 aromatic carbocycles. The number of fused-ring (bicyclic) bond motifs is 5. The van der Waals surface area contributed by atoms with Crippen LogP contribution in [0.1, 0.15) is 79.1 Å². The Morgan fingerprint density at radius 3 is 2.57 bits per heavy atom. The first-order valence-electron chi connectivity index (χ1n) is 11.8. The highest BCUT2D eigenvalue weighted by Crippen LogP contribution is 2.66. The van der Waals surface area contributed by atoms with Gasteiger partial charge in [-0.25, -0.2) is 0 Å². The summed E-state index contributed by atoms with van der Waals surface area (Å²) in [5.74, 6) is 3.61. The lowest BCUT2D eigenvalue weighted by Crippen LogP contribution is -2.55. The first-order valence-corrected chi connectivity index (χ1v) is 11.8. The van der Waals surface area contributed by atoms with E-state index >= 15 is 0 Å². The zero-order valence-corrected chi connectivity index (χ0v) is 19.1. The van der Waals surface area contributed by atoms with Crippen molar-refractivity contribution in [2.24, 2.45) is 34.5 Å². The van der Waals surface area contributed by atoms with Gasteiger partial charge in [0.2, 0.25) is 5.91 Å². The molecule has 4 aliphatic carbocycles. The number of nitrogens with zero attached hydrogens (tertiary/aromatic N) is 1. The van der Waals surface area contributed by atoms with E-state index in [1.807, 2.05) is 0 Å². The Morgan fingerprint density at radius 1 is 1.14 bits per heavy atom. The van der Waals surface area contributed by atoms with Gasteiger partial charge in [-0.05, 0) is 107 Å². The Balaban J connectivity index is 1.52. The van der Waals surface area contributed by atoms with Crippen molar-refractivity contribution in [3.63, 3.8) is 0 Å². The molecule has 4 rings (SSSR count). The highest BCUT2D eigenvalue weighted by atomic mass is 16.1. The Hall–Kier alpha value is -0.830. The van der Waals surface area contributed by atoms with Crippen LogP contribution in [-0.2, 0) is 4.79 Å². The van der Waals surface area contributed by atoms with Gasteiger partial charge < -0.3 is 10.2 Å². The lowest BCUT2D eigenvalue weighted by Gasteiger charge is -2.61. The van der Waals surface area contributed by atoms with E-state index in [-0.39, 0.29) is 5.91 Å². The molecule has 158 valence electrons. The summed E-state index contributed by atoms with van der Waals surface area (Å²) in [6.45, 7) is 9.28. The molecule has 3 nitrogen and oxygen atoms in total. The first kappa shape index (κ1) is 20.4. The summed E-state index contributed by atoms with van der Waals surface area (Å²) in [4.78, 5) is 13.9. The average molecular weight is 387 g/mol. The summed E-state index contributed by atoms with van der Waals surface area (Å²) in [6.07, 6.45) is 13.2. The smallest absolute Gasteiger partial charge is 0.217 e. The van der Waals surface area contributed by atoms with Gasteiger partial charge in [-0.1, -0.05) is 25.5 Å². The summed E-state index contributed by atoms with van der Waals surface area (Å²) in [5, 5.41) is 3.22. The SMILES string of the molecule is CC(=O)N[C@H]1CC[C@@]2(C)[C@@H](CC[C@@H]3[C@@H]2CC[C@]2(C)C([C@H](C)N(C)C)=CC[C@@H]32)C1. The average Bonchev–Trinajstić information content (AvgIpc) is 2.98. The molecule has 3 fully saturated rings. The van der Waals surface area contributed by atoms with Crippen molar-refractivity contribution < 1.29 is 4.79 Å². The monoisotopic (exact) mass is 386 g/mol. The minimum absolute atomic E-state index is 0.148. The lowest BCUT2D eigenvalue weighted by atomic mass is 9.44. The molecule has 8 atom stereocenters. The minimum atomic E-state index is 0.148. The Labute approximate surface area is 172 Å². The van der Waals surface area contributed by atoms with E-state index in [0.29, 0.717) is 22.9 Å². The van der Waals surface area contributed by atoms with E-state index < -0.39 is 0 Å². The molecule has 0 aromatic rings. The standard InChI is InChI=1S/C25H42N2O/c1-16(27(5)6)21-9-10-22-20-8-7-18-15-19(26-17(2)28)11-13-24(18,3)23(20)12-14-25(21,22)4/h9,16,18-20,22-23H,7-8,10-15H2,1-6H3,(H,26,28)/t16-,18-,19-,20-,22-,23-,24-,25+/m0/s1. The molecule has 4 aliphatic rings. The number of allylic oxidation sites excluding steroid dienone is 1. The second kappa shape index (κ2) is 7.15. The number of hydrogen-bond acceptors (Lipinski definition) is 2. The van der Waals surface area contributed by atoms with Crippen LogP contribution in [0, 0.1) is 34.5 Å². The Bertz CT molecular complexity index is 655. The number of carbonyl (C=O) groups excluding carboxylic acids is 1. The van der Waals surface area contributed by atoms with Crippen LogP contribution in [0.25, 0.3) is 0 Å². The predicted octanol–water partition coefficient (Wildman–Crippen LogP) is 5.02. The van der Waals surface area contributed by atoms with E-state index in [4.69, 9.17) is 0 Å². The maximum Gasteiger partial charge on any atom is 0.217 e. The first-order chi connectivity index (χ1) is 13.2. The van der Waals surface area contributed by atoms with Gasteiger partial charge in [0.05, 0.1) is 0 Å². The molecule has 3 heteroatoms. The van der Waals surface area contributed by atoms with Gasteiger partial charge in [0.25, 0.3) is 0 Å². The van der Waals surface area contributed by atoms with Crippen LogP contribution in [0.15, 0.2) is 11.6 Å². The quantitative estimate of drug-likeness (QED) is 0.691. The summed E-state index contributed by atoms with van der Waals surface area (Å²) in [5.41, 5.74) is 2.64. The normalized spacial score (nSPS) is 46.2. The third-order valence-electron chi connectivity index (χ3n) is 9.94. The number of nitrogens with one attached hydrogen (secondary N) is 1. The molecule has 0 bridgehead atoms. The minimum Gasteiger partial charge on any atom is -0.354 e. The Kier molecular flexibility index (Phi) is 5.22. The second-order valence-corrected chi connectivity index (χ2v) is 11.3. The lowest BCUT2D eigenvalue weighted by molar-refractivity contribution is -0.123. The van der Waals surface area contributed by atoms with Crippen LogP contribution in [0.4, 0.5) is 0 Å². The molecule has 0 spiro atoms. The molecule has 0 saturated heterocycles. The maximum absolute atomic E-state index is 11.6. The molecule has 1 amide bonds. The number of rotatable bonds is 3. The molecular formula is C25H42N2O. The summed E-state index contributed by atoms with van der Waals surface area (Å²) >= 11 is 0. The van der Waals surface area contributed by atoms with Gasteiger partial charge in [0.15, 0.2) is 0 Å². The zero-order chi connectivity index (χ0) is 20.3. The van der Waals surface area contributed by atoms with Crippen molar-refractivity contribution in [2.75, 3.05) is 14.1 Å². The number of amides is 1. The van der Waals surface area contributed by atoms with E-state index in [1.165, 1.54) is 51.4 Å². The molecule has 0 aliphatic heterocycles. The van der Waals surface area contributed by atoms with E-state index in [0.717, 1.165) is 23.7 Å². The van der Waals surface area contributed by atoms with Crippen molar-refractivity contribution >= 4 is 5.91 Å². The van der Waals surface area contributed by atoms with E-state index in [2.05, 4.69) is 51.2 Å². The molecule has 0 aromatic heterocycles. The summed E-state index contributed by atoms with van der Waals surface area (Å²) in [7, 11) is 4.46. The van der Waals surface area contributed by atoms with Gasteiger partial charge in [-0.3, -0.25) is 4.79 Å². The van der Waals surface area contributed by atoms with Gasteiger partial charge in [-0.2, -0.15) is 0 Å². The van der Waals surface area contributed by atoms with Crippen molar-refractivity contribution in [2.45, 2.75) is 91.1 Å². The van der Waals surface area contributed by atoms with Crippen molar-refractivity contribution in [3.8, 4) is 0 Å². The molecule has 28 heavy (non-hydrogen) atoms. The number of hydrogen-bond donors (Lipinski definition) is 1. The molecule has 0 heterocycles. The van der Waals surface area contributed by atoms with Gasteiger partial charge in [0, 0.05) is 19.0 Å². The molecule has 1 N–H and O–H groups in total.